The molecule has 2 N–H and O–H groups in total. The van der Waals surface area contributed by atoms with Crippen molar-refractivity contribution in [2.75, 3.05) is 5.73 Å². The van der Waals surface area contributed by atoms with Crippen LogP contribution in [0.25, 0.3) is 11.0 Å². The molecule has 102 valence electrons. The van der Waals surface area contributed by atoms with Crippen LogP contribution in [0, 0.1) is 12.7 Å². The highest BCUT2D eigenvalue weighted by molar-refractivity contribution is 5.78. The van der Waals surface area contributed by atoms with Gasteiger partial charge in [-0.15, -0.1) is 0 Å². The van der Waals surface area contributed by atoms with E-state index in [1.807, 2.05) is 16.7 Å². The van der Waals surface area contributed by atoms with Gasteiger partial charge in [0.25, 0.3) is 0 Å². The van der Waals surface area contributed by atoms with Crippen LogP contribution in [0.5, 0.6) is 0 Å². The van der Waals surface area contributed by atoms with E-state index in [9.17, 15) is 4.39 Å². The molecule has 3 rings (SSSR count). The summed E-state index contributed by atoms with van der Waals surface area (Å²) in [5, 5.41) is 0. The molecule has 3 nitrogen and oxygen atoms in total. The summed E-state index contributed by atoms with van der Waals surface area (Å²) < 4.78 is 15.2. The zero-order chi connectivity index (χ0) is 14.1. The standard InChI is InChI=1S/C16H16FN3/c1-11-4-2-3-5-12(11)8-9-20-15-10-13(17)6-7-14(15)19-16(20)18/h2-7,10H,8-9H2,1H3,(H2,18,19). The lowest BCUT2D eigenvalue weighted by Gasteiger charge is -2.08. The molecular formula is C16H16FN3. The van der Waals surface area contributed by atoms with E-state index >= 15 is 0 Å². The lowest BCUT2D eigenvalue weighted by atomic mass is 10.1. The van der Waals surface area contributed by atoms with Crippen molar-refractivity contribution in [3.63, 3.8) is 0 Å². The zero-order valence-electron chi connectivity index (χ0n) is 11.3. The molecule has 0 unspecified atom stereocenters. The minimum absolute atomic E-state index is 0.269. The van der Waals surface area contributed by atoms with Crippen molar-refractivity contribution in [2.24, 2.45) is 0 Å². The van der Waals surface area contributed by atoms with Crippen LogP contribution >= 0.6 is 0 Å². The molecule has 4 heteroatoms. The Morgan fingerprint density at radius 1 is 1.20 bits per heavy atom. The summed E-state index contributed by atoms with van der Waals surface area (Å²) in [6.45, 7) is 2.78. The van der Waals surface area contributed by atoms with Crippen LogP contribution in [0.1, 0.15) is 11.1 Å². The van der Waals surface area contributed by atoms with Crippen LogP contribution in [-0.4, -0.2) is 9.55 Å². The molecule has 0 saturated carbocycles. The second-order valence-electron chi connectivity index (χ2n) is 4.93. The summed E-state index contributed by atoms with van der Waals surface area (Å²) in [6.07, 6.45) is 0.846. The van der Waals surface area contributed by atoms with E-state index < -0.39 is 0 Å². The Bertz CT molecular complexity index is 762. The molecular weight excluding hydrogens is 253 g/mol. The number of hydrogen-bond acceptors (Lipinski definition) is 2. The number of hydrogen-bond donors (Lipinski definition) is 1. The molecule has 1 aromatic heterocycles. The molecule has 0 aliphatic carbocycles. The molecule has 0 atom stereocenters. The second-order valence-corrected chi connectivity index (χ2v) is 4.93. The molecule has 0 aliphatic heterocycles. The van der Waals surface area contributed by atoms with E-state index in [0.29, 0.717) is 12.5 Å². The summed E-state index contributed by atoms with van der Waals surface area (Å²) in [4.78, 5) is 4.26. The van der Waals surface area contributed by atoms with Crippen molar-refractivity contribution in [3.8, 4) is 0 Å². The smallest absolute Gasteiger partial charge is 0.201 e. The van der Waals surface area contributed by atoms with Crippen LogP contribution in [0.4, 0.5) is 10.3 Å². The molecule has 2 aromatic carbocycles. The quantitative estimate of drug-likeness (QED) is 0.792. The predicted octanol–water partition coefficient (Wildman–Crippen LogP) is 3.31. The third-order valence-corrected chi connectivity index (χ3v) is 3.61. The highest BCUT2D eigenvalue weighted by Crippen LogP contribution is 2.20. The Morgan fingerprint density at radius 3 is 2.80 bits per heavy atom. The number of nitrogens with two attached hydrogens (primary N) is 1. The number of aromatic nitrogens is 2. The van der Waals surface area contributed by atoms with Gasteiger partial charge in [0.1, 0.15) is 5.82 Å². The predicted molar refractivity (Wildman–Crippen MR) is 79.0 cm³/mol. The topological polar surface area (TPSA) is 43.8 Å². The van der Waals surface area contributed by atoms with Crippen molar-refractivity contribution in [1.82, 2.24) is 9.55 Å². The summed E-state index contributed by atoms with van der Waals surface area (Å²) in [5.74, 6) is 0.161. The molecule has 0 amide bonds. The Hall–Kier alpha value is -2.36. The average Bonchev–Trinajstić information content (AvgIpc) is 2.73. The van der Waals surface area contributed by atoms with Crippen LogP contribution in [0.3, 0.4) is 0 Å². The van der Waals surface area contributed by atoms with Gasteiger partial charge in [0.15, 0.2) is 0 Å². The number of imidazole rings is 1. The Morgan fingerprint density at radius 2 is 2.00 bits per heavy atom. The van der Waals surface area contributed by atoms with Gasteiger partial charge in [-0.2, -0.15) is 0 Å². The molecule has 0 aliphatic rings. The molecule has 0 saturated heterocycles. The van der Waals surface area contributed by atoms with Gasteiger partial charge in [-0.1, -0.05) is 24.3 Å². The highest BCUT2D eigenvalue weighted by Gasteiger charge is 2.09. The first-order chi connectivity index (χ1) is 9.65. The maximum absolute atomic E-state index is 13.4. The first kappa shape index (κ1) is 12.7. The number of rotatable bonds is 3. The second kappa shape index (κ2) is 4.96. The average molecular weight is 269 g/mol. The zero-order valence-corrected chi connectivity index (χ0v) is 11.3. The first-order valence-electron chi connectivity index (χ1n) is 6.61. The molecule has 0 radical (unpaired) electrons. The van der Waals surface area contributed by atoms with Crippen molar-refractivity contribution < 1.29 is 4.39 Å². The summed E-state index contributed by atoms with van der Waals surface area (Å²) >= 11 is 0. The maximum Gasteiger partial charge on any atom is 0.201 e. The van der Waals surface area contributed by atoms with E-state index in [-0.39, 0.29) is 5.82 Å². The lowest BCUT2D eigenvalue weighted by molar-refractivity contribution is 0.627. The maximum atomic E-state index is 13.4. The summed E-state index contributed by atoms with van der Waals surface area (Å²) in [5.41, 5.74) is 9.93. The van der Waals surface area contributed by atoms with Crippen molar-refractivity contribution in [3.05, 3.63) is 59.4 Å². The van der Waals surface area contributed by atoms with Crippen LogP contribution in [-0.2, 0) is 13.0 Å². The normalized spacial score (nSPS) is 11.1. The molecule has 0 fully saturated rings. The van der Waals surface area contributed by atoms with Crippen LogP contribution in [0.2, 0.25) is 0 Å². The number of anilines is 1. The third-order valence-electron chi connectivity index (χ3n) is 3.61. The van der Waals surface area contributed by atoms with Crippen molar-refractivity contribution in [1.29, 1.82) is 0 Å². The molecule has 0 spiro atoms. The minimum atomic E-state index is -0.269. The van der Waals surface area contributed by atoms with Gasteiger partial charge in [-0.25, -0.2) is 9.37 Å². The van der Waals surface area contributed by atoms with Crippen molar-refractivity contribution in [2.45, 2.75) is 19.9 Å². The summed E-state index contributed by atoms with van der Waals surface area (Å²) in [7, 11) is 0. The fourth-order valence-corrected chi connectivity index (χ4v) is 2.47. The Kier molecular flexibility index (Phi) is 3.14. The van der Waals surface area contributed by atoms with Gasteiger partial charge in [0, 0.05) is 6.54 Å². The van der Waals surface area contributed by atoms with E-state index in [1.165, 1.54) is 23.3 Å². The first-order valence-corrected chi connectivity index (χ1v) is 6.61. The number of nitrogens with zero attached hydrogens (tertiary/aromatic N) is 2. The van der Waals surface area contributed by atoms with E-state index in [0.717, 1.165) is 17.5 Å². The molecule has 0 bridgehead atoms. The van der Waals surface area contributed by atoms with Gasteiger partial charge in [0.2, 0.25) is 5.95 Å². The number of fused-ring (bicyclic) bond motifs is 1. The number of nitrogen functional groups attached to an aromatic ring is 1. The van der Waals surface area contributed by atoms with Gasteiger partial charge < -0.3 is 10.3 Å². The Labute approximate surface area is 116 Å². The largest absolute Gasteiger partial charge is 0.369 e. The van der Waals surface area contributed by atoms with Crippen LogP contribution < -0.4 is 5.73 Å². The lowest BCUT2D eigenvalue weighted by Crippen LogP contribution is -2.06. The monoisotopic (exact) mass is 269 g/mol. The van der Waals surface area contributed by atoms with Gasteiger partial charge in [-0.3, -0.25) is 0 Å². The van der Waals surface area contributed by atoms with Gasteiger partial charge in [0.05, 0.1) is 11.0 Å². The third kappa shape index (κ3) is 2.25. The highest BCUT2D eigenvalue weighted by atomic mass is 19.1. The number of aryl methyl sites for hydroxylation is 3. The van der Waals surface area contributed by atoms with Crippen LogP contribution in [0.15, 0.2) is 42.5 Å². The molecule has 20 heavy (non-hydrogen) atoms. The fraction of sp³-hybridized carbons (Fsp3) is 0.188. The van der Waals surface area contributed by atoms with Gasteiger partial charge >= 0.3 is 0 Å². The fourth-order valence-electron chi connectivity index (χ4n) is 2.47. The number of halogens is 1. The number of benzene rings is 2. The van der Waals surface area contributed by atoms with E-state index in [2.05, 4.69) is 24.0 Å². The van der Waals surface area contributed by atoms with Crippen molar-refractivity contribution >= 4 is 17.0 Å². The van der Waals surface area contributed by atoms with E-state index in [1.54, 1.807) is 6.07 Å². The Balaban J connectivity index is 1.93. The molecule has 1 heterocycles. The van der Waals surface area contributed by atoms with Gasteiger partial charge in [-0.05, 0) is 42.7 Å². The van der Waals surface area contributed by atoms with E-state index in [4.69, 9.17) is 5.73 Å². The minimum Gasteiger partial charge on any atom is -0.369 e. The molecule has 3 aromatic rings. The summed E-state index contributed by atoms with van der Waals surface area (Å²) in [6, 6.07) is 12.8. The SMILES string of the molecule is Cc1ccccc1CCn1c(N)nc2ccc(F)cc21.